The van der Waals surface area contributed by atoms with Crippen LogP contribution in [-0.2, 0) is 0 Å². The van der Waals surface area contributed by atoms with Crippen LogP contribution in [0.5, 0.6) is 5.88 Å². The van der Waals surface area contributed by atoms with Crippen molar-refractivity contribution in [1.29, 1.82) is 0 Å². The van der Waals surface area contributed by atoms with Gasteiger partial charge in [0.25, 0.3) is 0 Å². The topological polar surface area (TPSA) is 61.0 Å². The average molecular weight is 218 g/mol. The highest BCUT2D eigenvalue weighted by Crippen LogP contribution is 2.26. The molecule has 0 fully saturated rings. The summed E-state index contributed by atoms with van der Waals surface area (Å²) in [6.45, 7) is 1.76. The second kappa shape index (κ2) is 3.04. The summed E-state index contributed by atoms with van der Waals surface area (Å²) >= 11 is 3.20. The SMILES string of the molecule is COc1nc(C)nc(N)c1Br. The predicted molar refractivity (Wildman–Crippen MR) is 45.4 cm³/mol. The van der Waals surface area contributed by atoms with Crippen LogP contribution < -0.4 is 10.5 Å². The Morgan fingerprint density at radius 2 is 2.09 bits per heavy atom. The number of nitrogens with two attached hydrogens (primary N) is 1. The van der Waals surface area contributed by atoms with Gasteiger partial charge in [-0.2, -0.15) is 4.98 Å². The molecule has 60 valence electrons. The van der Waals surface area contributed by atoms with E-state index in [1.54, 1.807) is 6.92 Å². The lowest BCUT2D eigenvalue weighted by molar-refractivity contribution is 0.393. The summed E-state index contributed by atoms with van der Waals surface area (Å²) in [5, 5.41) is 0. The summed E-state index contributed by atoms with van der Waals surface area (Å²) in [5.74, 6) is 1.46. The minimum Gasteiger partial charge on any atom is -0.480 e. The Hall–Kier alpha value is -0.840. The van der Waals surface area contributed by atoms with Crippen LogP contribution in [0.4, 0.5) is 5.82 Å². The van der Waals surface area contributed by atoms with Crippen molar-refractivity contribution in [3.63, 3.8) is 0 Å². The molecule has 0 aromatic carbocycles. The third-order valence-electron chi connectivity index (χ3n) is 1.15. The standard InChI is InChI=1S/C6H8BrN3O/c1-3-9-5(8)4(7)6(10-3)11-2/h1-2H3,(H2,8,9,10). The molecular formula is C6H8BrN3O. The van der Waals surface area contributed by atoms with E-state index in [2.05, 4.69) is 25.9 Å². The third kappa shape index (κ3) is 1.59. The van der Waals surface area contributed by atoms with Crippen molar-refractivity contribution in [2.24, 2.45) is 0 Å². The molecule has 1 rings (SSSR count). The average Bonchev–Trinajstić information content (AvgIpc) is 1.96. The number of aryl methyl sites for hydroxylation is 1. The maximum atomic E-state index is 5.52. The van der Waals surface area contributed by atoms with Crippen molar-refractivity contribution in [2.45, 2.75) is 6.92 Å². The molecule has 4 nitrogen and oxygen atoms in total. The van der Waals surface area contributed by atoms with Gasteiger partial charge in [-0.05, 0) is 22.9 Å². The molecule has 0 saturated heterocycles. The normalized spacial score (nSPS) is 9.73. The van der Waals surface area contributed by atoms with E-state index in [1.807, 2.05) is 0 Å². The fraction of sp³-hybridized carbons (Fsp3) is 0.333. The Balaban J connectivity index is 3.24. The van der Waals surface area contributed by atoms with Crippen LogP contribution in [-0.4, -0.2) is 17.1 Å². The van der Waals surface area contributed by atoms with E-state index in [4.69, 9.17) is 10.5 Å². The Morgan fingerprint density at radius 1 is 1.45 bits per heavy atom. The van der Waals surface area contributed by atoms with Gasteiger partial charge in [0, 0.05) is 0 Å². The highest BCUT2D eigenvalue weighted by Gasteiger charge is 2.06. The van der Waals surface area contributed by atoms with Gasteiger partial charge in [0.1, 0.15) is 16.1 Å². The lowest BCUT2D eigenvalue weighted by Gasteiger charge is -2.03. The van der Waals surface area contributed by atoms with E-state index in [9.17, 15) is 0 Å². The second-order valence-corrected chi connectivity index (χ2v) is 2.77. The molecule has 0 aliphatic rings. The van der Waals surface area contributed by atoms with E-state index in [0.717, 1.165) is 0 Å². The van der Waals surface area contributed by atoms with Gasteiger partial charge >= 0.3 is 0 Å². The molecule has 2 N–H and O–H groups in total. The smallest absolute Gasteiger partial charge is 0.233 e. The molecule has 5 heteroatoms. The Bertz CT molecular complexity index is 277. The summed E-state index contributed by atoms with van der Waals surface area (Å²) in [6.07, 6.45) is 0. The predicted octanol–water partition coefficient (Wildman–Crippen LogP) is 1.14. The Kier molecular flexibility index (Phi) is 2.28. The van der Waals surface area contributed by atoms with Crippen molar-refractivity contribution in [3.05, 3.63) is 10.3 Å². The van der Waals surface area contributed by atoms with Crippen molar-refractivity contribution in [1.82, 2.24) is 9.97 Å². The lowest BCUT2D eigenvalue weighted by atomic mass is 10.5. The molecule has 11 heavy (non-hydrogen) atoms. The molecule has 1 heterocycles. The maximum absolute atomic E-state index is 5.52. The molecule has 0 aliphatic carbocycles. The zero-order chi connectivity index (χ0) is 8.43. The summed E-state index contributed by atoms with van der Waals surface area (Å²) in [5.41, 5.74) is 5.52. The Labute approximate surface area is 72.9 Å². The fourth-order valence-electron chi connectivity index (χ4n) is 0.689. The molecule has 0 amide bonds. The molecule has 0 saturated carbocycles. The number of ether oxygens (including phenoxy) is 1. The van der Waals surface area contributed by atoms with Crippen LogP contribution in [0.2, 0.25) is 0 Å². The number of halogens is 1. The van der Waals surface area contributed by atoms with Crippen molar-refractivity contribution in [3.8, 4) is 5.88 Å². The first-order valence-electron chi connectivity index (χ1n) is 2.98. The second-order valence-electron chi connectivity index (χ2n) is 1.98. The van der Waals surface area contributed by atoms with Gasteiger partial charge < -0.3 is 10.5 Å². The molecule has 1 aromatic heterocycles. The first kappa shape index (κ1) is 8.26. The maximum Gasteiger partial charge on any atom is 0.233 e. The lowest BCUT2D eigenvalue weighted by Crippen LogP contribution is -2.00. The van der Waals surface area contributed by atoms with Gasteiger partial charge in [-0.15, -0.1) is 0 Å². The molecule has 1 aromatic rings. The van der Waals surface area contributed by atoms with E-state index in [-0.39, 0.29) is 0 Å². The van der Waals surface area contributed by atoms with Crippen LogP contribution in [0, 0.1) is 6.92 Å². The fourth-order valence-corrected chi connectivity index (χ4v) is 1.03. The number of methoxy groups -OCH3 is 1. The van der Waals surface area contributed by atoms with Crippen LogP contribution in [0.25, 0.3) is 0 Å². The number of hydrogen-bond donors (Lipinski definition) is 1. The van der Waals surface area contributed by atoms with Crippen molar-refractivity contribution >= 4 is 21.7 Å². The molecule has 0 spiro atoms. The molecule has 0 bridgehead atoms. The van der Waals surface area contributed by atoms with E-state index in [1.165, 1.54) is 7.11 Å². The van der Waals surface area contributed by atoms with Crippen molar-refractivity contribution in [2.75, 3.05) is 12.8 Å². The van der Waals surface area contributed by atoms with Gasteiger partial charge in [0.15, 0.2) is 0 Å². The van der Waals surface area contributed by atoms with Gasteiger partial charge in [0.05, 0.1) is 7.11 Å². The quantitative estimate of drug-likeness (QED) is 0.767. The Morgan fingerprint density at radius 3 is 2.64 bits per heavy atom. The van der Waals surface area contributed by atoms with E-state index < -0.39 is 0 Å². The van der Waals surface area contributed by atoms with Crippen LogP contribution in [0.15, 0.2) is 4.47 Å². The largest absolute Gasteiger partial charge is 0.480 e. The van der Waals surface area contributed by atoms with E-state index >= 15 is 0 Å². The number of rotatable bonds is 1. The number of anilines is 1. The summed E-state index contributed by atoms with van der Waals surface area (Å²) in [4.78, 5) is 7.91. The molecule has 0 aliphatic heterocycles. The van der Waals surface area contributed by atoms with Gasteiger partial charge in [-0.1, -0.05) is 0 Å². The molecular weight excluding hydrogens is 210 g/mol. The van der Waals surface area contributed by atoms with Gasteiger partial charge in [-0.3, -0.25) is 0 Å². The van der Waals surface area contributed by atoms with Crippen LogP contribution in [0.1, 0.15) is 5.82 Å². The minimum absolute atomic E-state index is 0.398. The zero-order valence-electron chi connectivity index (χ0n) is 6.26. The summed E-state index contributed by atoms with van der Waals surface area (Å²) in [6, 6.07) is 0. The summed E-state index contributed by atoms with van der Waals surface area (Å²) in [7, 11) is 1.53. The van der Waals surface area contributed by atoms with Gasteiger partial charge in [0.2, 0.25) is 5.88 Å². The van der Waals surface area contributed by atoms with Crippen LogP contribution >= 0.6 is 15.9 Å². The summed E-state index contributed by atoms with van der Waals surface area (Å²) < 4.78 is 5.53. The van der Waals surface area contributed by atoms with Crippen molar-refractivity contribution < 1.29 is 4.74 Å². The first-order chi connectivity index (χ1) is 5.15. The monoisotopic (exact) mass is 217 g/mol. The third-order valence-corrected chi connectivity index (χ3v) is 1.90. The number of aromatic nitrogens is 2. The molecule has 0 radical (unpaired) electrons. The highest BCUT2D eigenvalue weighted by molar-refractivity contribution is 9.10. The number of hydrogen-bond acceptors (Lipinski definition) is 4. The zero-order valence-corrected chi connectivity index (χ0v) is 7.84. The molecule has 0 atom stereocenters. The highest BCUT2D eigenvalue weighted by atomic mass is 79.9. The van der Waals surface area contributed by atoms with Crippen LogP contribution in [0.3, 0.4) is 0 Å². The molecule has 0 unspecified atom stereocenters. The van der Waals surface area contributed by atoms with E-state index in [0.29, 0.717) is 22.0 Å². The number of nitrogen functional groups attached to an aromatic ring is 1. The first-order valence-corrected chi connectivity index (χ1v) is 3.78. The van der Waals surface area contributed by atoms with Gasteiger partial charge in [-0.25, -0.2) is 4.98 Å². The number of nitrogens with zero attached hydrogens (tertiary/aromatic N) is 2. The minimum atomic E-state index is 0.398.